The Kier molecular flexibility index (Phi) is 4.09. The normalized spacial score (nSPS) is 17.6. The Bertz CT molecular complexity index is 870. The van der Waals surface area contributed by atoms with Gasteiger partial charge in [-0.05, 0) is 37.1 Å². The summed E-state index contributed by atoms with van der Waals surface area (Å²) in [5.74, 6) is 1.86. The first-order valence-electron chi connectivity index (χ1n) is 8.63. The molecule has 25 heavy (non-hydrogen) atoms. The number of carbonyl (C=O) groups is 1. The van der Waals surface area contributed by atoms with E-state index < -0.39 is 0 Å². The van der Waals surface area contributed by atoms with Gasteiger partial charge in [0.05, 0.1) is 16.6 Å². The number of benzene rings is 1. The van der Waals surface area contributed by atoms with Crippen LogP contribution in [0.5, 0.6) is 0 Å². The summed E-state index contributed by atoms with van der Waals surface area (Å²) in [6, 6.07) is 11.7. The molecule has 0 bridgehead atoms. The van der Waals surface area contributed by atoms with Gasteiger partial charge in [-0.1, -0.05) is 12.1 Å². The van der Waals surface area contributed by atoms with E-state index in [0.29, 0.717) is 17.9 Å². The van der Waals surface area contributed by atoms with E-state index in [1.165, 1.54) is 0 Å². The van der Waals surface area contributed by atoms with Gasteiger partial charge < -0.3 is 15.2 Å². The highest BCUT2D eigenvalue weighted by atomic mass is 16.2. The summed E-state index contributed by atoms with van der Waals surface area (Å²) in [4.78, 5) is 27.2. The van der Waals surface area contributed by atoms with E-state index in [0.717, 1.165) is 36.2 Å². The molecule has 1 aromatic carbocycles. The minimum Gasteiger partial charge on any atom is -0.372 e. The molecule has 3 heterocycles. The van der Waals surface area contributed by atoms with Crippen molar-refractivity contribution in [2.45, 2.75) is 18.8 Å². The fourth-order valence-corrected chi connectivity index (χ4v) is 3.50. The van der Waals surface area contributed by atoms with Crippen LogP contribution in [0.15, 0.2) is 42.6 Å². The van der Waals surface area contributed by atoms with Gasteiger partial charge >= 0.3 is 0 Å². The summed E-state index contributed by atoms with van der Waals surface area (Å²) in [6.07, 6.45) is 3.70. The Hall–Kier alpha value is -2.89. The molecule has 128 valence electrons. The van der Waals surface area contributed by atoms with Crippen molar-refractivity contribution in [3.63, 3.8) is 0 Å². The molecule has 0 radical (unpaired) electrons. The molecular weight excluding hydrogens is 314 g/mol. The number of nitrogens with one attached hydrogen (secondary N) is 2. The molecule has 3 aromatic rings. The number of imidazole rings is 1. The van der Waals surface area contributed by atoms with Crippen LogP contribution in [0.25, 0.3) is 11.0 Å². The third-order valence-electron chi connectivity index (χ3n) is 4.78. The van der Waals surface area contributed by atoms with Crippen molar-refractivity contribution in [2.75, 3.05) is 25.5 Å². The number of H-pyrrole nitrogens is 1. The Morgan fingerprint density at radius 3 is 3.00 bits per heavy atom. The second-order valence-electron chi connectivity index (χ2n) is 6.38. The lowest BCUT2D eigenvalue weighted by Gasteiger charge is -2.32. The van der Waals surface area contributed by atoms with E-state index in [2.05, 4.69) is 15.3 Å². The van der Waals surface area contributed by atoms with Gasteiger partial charge in [-0.3, -0.25) is 4.79 Å². The molecule has 0 saturated carbocycles. The molecule has 1 amide bonds. The van der Waals surface area contributed by atoms with Gasteiger partial charge in [-0.15, -0.1) is 0 Å². The molecule has 1 fully saturated rings. The molecule has 6 nitrogen and oxygen atoms in total. The lowest BCUT2D eigenvalue weighted by Crippen LogP contribution is -2.39. The smallest absolute Gasteiger partial charge is 0.257 e. The minimum absolute atomic E-state index is 0.0262. The van der Waals surface area contributed by atoms with Crippen LogP contribution >= 0.6 is 0 Å². The lowest BCUT2D eigenvalue weighted by atomic mass is 9.96. The quantitative estimate of drug-likeness (QED) is 0.771. The van der Waals surface area contributed by atoms with Gasteiger partial charge in [0.15, 0.2) is 0 Å². The number of hydrogen-bond donors (Lipinski definition) is 2. The highest BCUT2D eigenvalue weighted by Gasteiger charge is 2.28. The van der Waals surface area contributed by atoms with Gasteiger partial charge in [-0.2, -0.15) is 0 Å². The van der Waals surface area contributed by atoms with Gasteiger partial charge in [0.1, 0.15) is 11.6 Å². The fraction of sp³-hybridized carbons (Fsp3) is 0.316. The highest BCUT2D eigenvalue weighted by Crippen LogP contribution is 2.28. The third kappa shape index (κ3) is 2.95. The van der Waals surface area contributed by atoms with E-state index in [-0.39, 0.29) is 11.8 Å². The van der Waals surface area contributed by atoms with Crippen LogP contribution < -0.4 is 5.32 Å². The zero-order valence-corrected chi connectivity index (χ0v) is 14.2. The second-order valence-corrected chi connectivity index (χ2v) is 6.38. The number of hydrogen-bond acceptors (Lipinski definition) is 4. The van der Waals surface area contributed by atoms with E-state index in [9.17, 15) is 4.79 Å². The summed E-state index contributed by atoms with van der Waals surface area (Å²) < 4.78 is 0. The summed E-state index contributed by atoms with van der Waals surface area (Å²) in [5, 5.41) is 3.00. The number of rotatable bonds is 3. The number of aromatic amines is 1. The van der Waals surface area contributed by atoms with E-state index in [4.69, 9.17) is 4.98 Å². The first-order chi connectivity index (χ1) is 12.3. The van der Waals surface area contributed by atoms with E-state index in [1.54, 1.807) is 19.3 Å². The molecule has 1 atom stereocenters. The van der Waals surface area contributed by atoms with Crippen molar-refractivity contribution in [1.82, 2.24) is 19.9 Å². The van der Waals surface area contributed by atoms with Crippen molar-refractivity contribution < 1.29 is 4.79 Å². The summed E-state index contributed by atoms with van der Waals surface area (Å²) in [6.45, 7) is 1.45. The summed E-state index contributed by atoms with van der Waals surface area (Å²) in [5.41, 5.74) is 2.65. The molecule has 0 spiro atoms. The maximum Gasteiger partial charge on any atom is 0.257 e. The average Bonchev–Trinajstić information content (AvgIpc) is 3.12. The Balaban J connectivity index is 1.57. The molecule has 6 heteroatoms. The largest absolute Gasteiger partial charge is 0.372 e. The maximum atomic E-state index is 12.9. The van der Waals surface area contributed by atoms with Crippen LogP contribution in [0.3, 0.4) is 0 Å². The number of anilines is 1. The van der Waals surface area contributed by atoms with Crippen LogP contribution in [-0.2, 0) is 0 Å². The zero-order chi connectivity index (χ0) is 17.2. The molecule has 1 aliphatic rings. The van der Waals surface area contributed by atoms with Crippen LogP contribution in [0, 0.1) is 0 Å². The Labute approximate surface area is 146 Å². The molecule has 2 aromatic heterocycles. The summed E-state index contributed by atoms with van der Waals surface area (Å²) in [7, 11) is 1.78. The number of nitrogens with zero attached hydrogens (tertiary/aromatic N) is 3. The monoisotopic (exact) mass is 335 g/mol. The number of amides is 1. The molecule has 0 unspecified atom stereocenters. The molecule has 2 N–H and O–H groups in total. The van der Waals surface area contributed by atoms with Crippen molar-refractivity contribution >= 4 is 22.8 Å². The first-order valence-corrected chi connectivity index (χ1v) is 8.63. The zero-order valence-electron chi connectivity index (χ0n) is 14.2. The van der Waals surface area contributed by atoms with Gasteiger partial charge in [0.25, 0.3) is 5.91 Å². The van der Waals surface area contributed by atoms with Crippen molar-refractivity contribution in [2.24, 2.45) is 0 Å². The predicted molar refractivity (Wildman–Crippen MR) is 97.8 cm³/mol. The molecular formula is C19H21N5O. The van der Waals surface area contributed by atoms with Gasteiger partial charge in [-0.25, -0.2) is 9.97 Å². The maximum absolute atomic E-state index is 12.9. The third-order valence-corrected chi connectivity index (χ3v) is 4.78. The molecule has 1 aliphatic heterocycles. The predicted octanol–water partition coefficient (Wildman–Crippen LogP) is 3.02. The fourth-order valence-electron chi connectivity index (χ4n) is 3.50. The SMILES string of the molecule is CNc1ncccc1C(=O)N1CCC[C@@H](c2nc3ccccc3[nH]2)C1. The number of piperidine rings is 1. The van der Waals surface area contributed by atoms with Crippen LogP contribution in [0.1, 0.15) is 34.9 Å². The number of fused-ring (bicyclic) bond motifs is 1. The Morgan fingerprint density at radius 1 is 1.28 bits per heavy atom. The van der Waals surface area contributed by atoms with Crippen molar-refractivity contribution in [3.05, 3.63) is 54.0 Å². The van der Waals surface area contributed by atoms with Crippen LogP contribution in [-0.4, -0.2) is 45.9 Å². The minimum atomic E-state index is 0.0262. The van der Waals surface area contributed by atoms with Crippen molar-refractivity contribution in [3.8, 4) is 0 Å². The van der Waals surface area contributed by atoms with E-state index >= 15 is 0 Å². The van der Waals surface area contributed by atoms with Crippen molar-refractivity contribution in [1.29, 1.82) is 0 Å². The highest BCUT2D eigenvalue weighted by molar-refractivity contribution is 5.98. The number of aromatic nitrogens is 3. The van der Waals surface area contributed by atoms with Gasteiger partial charge in [0.2, 0.25) is 0 Å². The standard InChI is InChI=1S/C19H21N5O/c1-20-18-14(7-4-10-21-18)19(25)24-11-5-6-13(12-24)17-22-15-8-2-3-9-16(15)23-17/h2-4,7-10,13H,5-6,11-12H2,1H3,(H,20,21)(H,22,23)/t13-/m1/s1. The first kappa shape index (κ1) is 15.6. The number of carbonyl (C=O) groups excluding carboxylic acids is 1. The molecule has 4 rings (SSSR count). The topological polar surface area (TPSA) is 73.9 Å². The summed E-state index contributed by atoms with van der Waals surface area (Å²) >= 11 is 0. The lowest BCUT2D eigenvalue weighted by molar-refractivity contribution is 0.0705. The number of pyridine rings is 1. The van der Waals surface area contributed by atoms with Crippen LogP contribution in [0.2, 0.25) is 0 Å². The average molecular weight is 335 g/mol. The van der Waals surface area contributed by atoms with E-state index in [1.807, 2.05) is 35.2 Å². The number of para-hydroxylation sites is 2. The molecule has 0 aliphatic carbocycles. The second kappa shape index (κ2) is 6.55. The Morgan fingerprint density at radius 2 is 2.16 bits per heavy atom. The number of likely N-dealkylation sites (tertiary alicyclic amines) is 1. The molecule has 1 saturated heterocycles. The van der Waals surface area contributed by atoms with Gasteiger partial charge in [0, 0.05) is 32.3 Å². The van der Waals surface area contributed by atoms with Crippen LogP contribution in [0.4, 0.5) is 5.82 Å².